The molecule has 0 aromatic rings. The zero-order valence-corrected chi connectivity index (χ0v) is 73.1. The van der Waals surface area contributed by atoms with Crippen molar-refractivity contribution in [3.63, 3.8) is 0 Å². The quantitative estimate of drug-likeness (QED) is 0.0261. The number of ether oxygens (including phenoxy) is 4. The monoisotopic (exact) mass is 1530 g/mol. The third-order valence-corrected chi connectivity index (χ3v) is 27.0. The summed E-state index contributed by atoms with van der Waals surface area (Å²) in [5.41, 5.74) is -3.53. The molecular formula is C85H157N7O16. The van der Waals surface area contributed by atoms with E-state index in [9.17, 15) is 44.1 Å². The number of hydrogen-bond donors (Lipinski definition) is 4. The SMILES string of the molecule is CON1C(C)(C)CC(C(=O)NCCCCCCCCCC(=O)C2CC(C)(C)N(CO)C2(C)C)C1(C)C.CON1C(C)(C)CC(C(=O)OCC2CCC(COC(=O)C3CC(C)(C)N(CO)C3(C)C)CC2)C1(C)C.CON1C(C)(C)CC(C(=O)OCCCCCCCCOC(=O)C2CC(C)(C)N(CO)C2(C)C)C1(C)C. The van der Waals surface area contributed by atoms with Gasteiger partial charge in [0.15, 0.2) is 0 Å². The van der Waals surface area contributed by atoms with Gasteiger partial charge in [0.25, 0.3) is 0 Å². The summed E-state index contributed by atoms with van der Waals surface area (Å²) in [6, 6.07) is 0. The van der Waals surface area contributed by atoms with E-state index in [1.165, 1.54) is 12.8 Å². The molecule has 7 fully saturated rings. The van der Waals surface area contributed by atoms with Gasteiger partial charge in [-0.1, -0.05) is 57.8 Å². The fraction of sp³-hybridized carbons (Fsp3) is 0.929. The Hall–Kier alpha value is -3.46. The summed E-state index contributed by atoms with van der Waals surface area (Å²) >= 11 is 0. The van der Waals surface area contributed by atoms with Gasteiger partial charge in [-0.05, 0) is 268 Å². The number of carbonyl (C=O) groups is 6. The predicted molar refractivity (Wildman–Crippen MR) is 423 cm³/mol. The molecule has 0 aromatic carbocycles. The molecule has 6 atom stereocenters. The average molecular weight is 1530 g/mol. The lowest BCUT2D eigenvalue weighted by atomic mass is 9.82. The number of nitrogens with zero attached hydrogens (tertiary/aromatic N) is 6. The Morgan fingerprint density at radius 2 is 0.583 bits per heavy atom. The van der Waals surface area contributed by atoms with E-state index >= 15 is 0 Å². The van der Waals surface area contributed by atoms with Crippen LogP contribution in [-0.2, 0) is 62.2 Å². The Balaban J connectivity index is 0.000000290. The van der Waals surface area contributed by atoms with E-state index in [2.05, 4.69) is 121 Å². The molecule has 6 aliphatic heterocycles. The second kappa shape index (κ2) is 38.3. The topological polar surface area (TPSA) is 259 Å². The molecule has 108 heavy (non-hydrogen) atoms. The van der Waals surface area contributed by atoms with Gasteiger partial charge in [0.05, 0.1) is 114 Å². The highest BCUT2D eigenvalue weighted by atomic mass is 16.7. The number of unbranched alkanes of at least 4 members (excludes halogenated alkanes) is 11. The smallest absolute Gasteiger partial charge is 0.310 e. The Kier molecular flexibility index (Phi) is 33.8. The summed E-state index contributed by atoms with van der Waals surface area (Å²) in [6.07, 6.45) is 22.4. The van der Waals surface area contributed by atoms with Crippen molar-refractivity contribution >= 4 is 35.6 Å². The molecule has 0 spiro atoms. The summed E-state index contributed by atoms with van der Waals surface area (Å²) in [5, 5.41) is 38.4. The van der Waals surface area contributed by atoms with Gasteiger partial charge in [-0.2, -0.15) is 15.2 Å². The second-order valence-electron chi connectivity index (χ2n) is 40.1. The summed E-state index contributed by atoms with van der Waals surface area (Å²) in [4.78, 5) is 99.9. The minimum atomic E-state index is -0.444. The number of nitrogens with one attached hydrogen (secondary N) is 1. The first-order chi connectivity index (χ1) is 49.8. The van der Waals surface area contributed by atoms with Crippen molar-refractivity contribution in [2.45, 2.75) is 387 Å². The minimum absolute atomic E-state index is 0.00335. The van der Waals surface area contributed by atoms with Gasteiger partial charge in [0.2, 0.25) is 5.91 Å². The normalized spacial score (nSPS) is 29.0. The van der Waals surface area contributed by atoms with E-state index < -0.39 is 22.2 Å². The molecule has 0 radical (unpaired) electrons. The number of amides is 1. The van der Waals surface area contributed by atoms with E-state index in [0.29, 0.717) is 76.2 Å². The number of ketones is 1. The average Bonchev–Trinajstić information content (AvgIpc) is 1.66. The van der Waals surface area contributed by atoms with Gasteiger partial charge in [-0.3, -0.25) is 43.5 Å². The van der Waals surface area contributed by atoms with E-state index in [1.54, 1.807) is 21.3 Å². The van der Waals surface area contributed by atoms with Crippen LogP contribution >= 0.6 is 0 Å². The maximum Gasteiger partial charge on any atom is 0.310 e. The van der Waals surface area contributed by atoms with Crippen LogP contribution in [0.25, 0.3) is 0 Å². The van der Waals surface area contributed by atoms with Gasteiger partial charge in [-0.25, -0.2) is 0 Å². The molecule has 6 heterocycles. The number of esters is 4. The number of hydroxylamine groups is 6. The third kappa shape index (κ3) is 22.5. The number of Topliss-reactive ketones (excluding diaryl/α,β-unsaturated/α-hetero) is 1. The Bertz CT molecular complexity index is 2580. The fourth-order valence-electron chi connectivity index (χ4n) is 21.2. The zero-order chi connectivity index (χ0) is 81.8. The zero-order valence-electron chi connectivity index (χ0n) is 73.1. The van der Waals surface area contributed by atoms with Gasteiger partial charge in [0, 0.05) is 68.7 Å². The van der Waals surface area contributed by atoms with E-state index in [0.717, 1.165) is 116 Å². The molecule has 1 aliphatic carbocycles. The summed E-state index contributed by atoms with van der Waals surface area (Å²) in [6.45, 7) is 52.0. The lowest BCUT2D eigenvalue weighted by Crippen LogP contribution is -2.51. The van der Waals surface area contributed by atoms with Crippen molar-refractivity contribution < 1.29 is 77.5 Å². The molecule has 0 bridgehead atoms. The van der Waals surface area contributed by atoms with E-state index in [-0.39, 0.29) is 130 Å². The maximum absolute atomic E-state index is 13.0. The van der Waals surface area contributed by atoms with Gasteiger partial charge >= 0.3 is 23.9 Å². The standard InChI is InChI=1S/C29H55N3O4.C28H50N2O6.C28H52N2O6/c1-26(2)19-22(28(5,6)31(26)21-33)24(34)17-15-13-11-10-12-14-16-18-30-25(35)23-20-27(3,4)32(36-9)29(23,7)8;1-25(2)14-21(27(5,6)29(25)18-31)23(32)35-16-19-10-12-20(13-11-19)17-36-24(33)22-15-26(3,4)30(34-9)28(22,7)8;1-25(2)18-21(27(5,6)29(25)20-31)23(32)35-16-14-12-10-11-13-15-17-36-24(33)22-19-26(3,4)30(34-9)28(22,7)8/h22-23,33H,10-21H2,1-9H3,(H,30,35);19-22,31H,10-18H2,1-9H3;21-22,31H,10-20H2,1-9H3. The molecular weight excluding hydrogens is 1370 g/mol. The van der Waals surface area contributed by atoms with Crippen LogP contribution < -0.4 is 5.32 Å². The fourth-order valence-corrected chi connectivity index (χ4v) is 21.2. The summed E-state index contributed by atoms with van der Waals surface area (Å²) < 4.78 is 22.8. The van der Waals surface area contributed by atoms with Crippen molar-refractivity contribution in [1.29, 1.82) is 0 Å². The third-order valence-electron chi connectivity index (χ3n) is 27.0. The van der Waals surface area contributed by atoms with Crippen molar-refractivity contribution in [1.82, 2.24) is 35.2 Å². The van der Waals surface area contributed by atoms with Crippen LogP contribution in [-0.4, -0.2) is 222 Å². The van der Waals surface area contributed by atoms with Gasteiger partial charge in [0.1, 0.15) is 5.78 Å². The first-order valence-electron chi connectivity index (χ1n) is 41.5. The molecule has 1 saturated carbocycles. The molecule has 4 N–H and O–H groups in total. The molecule has 6 unspecified atom stereocenters. The minimum Gasteiger partial charge on any atom is -0.465 e. The molecule has 23 nitrogen and oxygen atoms in total. The Morgan fingerprint density at radius 3 is 0.898 bits per heavy atom. The highest BCUT2D eigenvalue weighted by Gasteiger charge is 2.60. The van der Waals surface area contributed by atoms with E-state index in [4.69, 9.17) is 33.5 Å². The molecule has 1 amide bonds. The maximum atomic E-state index is 13.0. The number of aliphatic hydroxyl groups excluding tert-OH is 3. The van der Waals surface area contributed by atoms with Gasteiger partial charge in [-0.15, -0.1) is 0 Å². The number of likely N-dealkylation sites (tertiary alicyclic amines) is 3. The Labute approximate surface area is 653 Å². The van der Waals surface area contributed by atoms with Crippen molar-refractivity contribution in [3.05, 3.63) is 0 Å². The first-order valence-corrected chi connectivity index (χ1v) is 41.5. The molecule has 6 saturated heterocycles. The van der Waals surface area contributed by atoms with Crippen LogP contribution in [0.4, 0.5) is 0 Å². The number of aliphatic hydroxyl groups is 3. The van der Waals surface area contributed by atoms with Crippen molar-refractivity contribution in [3.8, 4) is 0 Å². The lowest BCUT2D eigenvalue weighted by Gasteiger charge is -2.39. The highest BCUT2D eigenvalue weighted by molar-refractivity contribution is 5.83. The summed E-state index contributed by atoms with van der Waals surface area (Å²) in [5.74, 6) is -0.422. The van der Waals surface area contributed by atoms with Crippen LogP contribution in [0.1, 0.15) is 320 Å². The van der Waals surface area contributed by atoms with E-state index in [1.807, 2.05) is 80.4 Å². The number of carbonyl (C=O) groups excluding carboxylic acids is 6. The molecule has 7 rings (SSSR count). The highest BCUT2D eigenvalue weighted by Crippen LogP contribution is 2.51. The number of hydrogen-bond acceptors (Lipinski definition) is 22. The first kappa shape index (κ1) is 95.1. The van der Waals surface area contributed by atoms with Gasteiger partial charge < -0.3 is 54.1 Å². The molecule has 628 valence electrons. The number of rotatable bonds is 35. The predicted octanol–water partition coefficient (Wildman–Crippen LogP) is 13.9. The Morgan fingerprint density at radius 1 is 0.324 bits per heavy atom. The molecule has 0 aromatic heterocycles. The molecule has 7 aliphatic rings. The molecule has 23 heteroatoms. The van der Waals surface area contributed by atoms with Crippen LogP contribution in [0.15, 0.2) is 0 Å². The van der Waals surface area contributed by atoms with Crippen LogP contribution in [0.2, 0.25) is 0 Å². The second-order valence-corrected chi connectivity index (χ2v) is 40.1. The van der Waals surface area contributed by atoms with Crippen LogP contribution in [0, 0.1) is 47.3 Å². The van der Waals surface area contributed by atoms with Crippen LogP contribution in [0.3, 0.4) is 0 Å². The van der Waals surface area contributed by atoms with Crippen molar-refractivity contribution in [2.75, 3.05) is 74.5 Å². The van der Waals surface area contributed by atoms with Crippen molar-refractivity contribution in [2.24, 2.45) is 47.3 Å². The lowest BCUT2D eigenvalue weighted by molar-refractivity contribution is -0.225. The van der Waals surface area contributed by atoms with Crippen LogP contribution in [0.5, 0.6) is 0 Å². The largest absolute Gasteiger partial charge is 0.465 e. The summed E-state index contributed by atoms with van der Waals surface area (Å²) in [7, 11) is 5.00.